The van der Waals surface area contributed by atoms with E-state index in [1.54, 1.807) is 23.1 Å². The molecule has 1 aromatic heterocycles. The van der Waals surface area contributed by atoms with Crippen LogP contribution in [0.2, 0.25) is 0 Å². The number of fused-ring (bicyclic) bond motifs is 1. The summed E-state index contributed by atoms with van der Waals surface area (Å²) in [4.78, 5) is 29.8. The molecule has 0 spiro atoms. The van der Waals surface area contributed by atoms with Gasteiger partial charge in [0.1, 0.15) is 5.52 Å². The van der Waals surface area contributed by atoms with Crippen LogP contribution in [0.4, 0.5) is 5.69 Å². The van der Waals surface area contributed by atoms with Gasteiger partial charge in [-0.15, -0.1) is 0 Å². The third-order valence-corrected chi connectivity index (χ3v) is 4.96. The summed E-state index contributed by atoms with van der Waals surface area (Å²) < 4.78 is 5.87. The summed E-state index contributed by atoms with van der Waals surface area (Å²) in [6, 6.07) is 14.0. The normalized spacial score (nSPS) is 17.2. The number of aromatic nitrogens is 1. The summed E-state index contributed by atoms with van der Waals surface area (Å²) in [5.41, 5.74) is 1.99. The maximum Gasteiger partial charge on any atom is 0.273 e. The molecule has 1 unspecified atom stereocenters. The Morgan fingerprint density at radius 3 is 2.81 bits per heavy atom. The van der Waals surface area contributed by atoms with Gasteiger partial charge in [-0.05, 0) is 25.0 Å². The maximum atomic E-state index is 12.7. The number of hydrogen-bond donors (Lipinski definition) is 0. The highest BCUT2D eigenvalue weighted by molar-refractivity contribution is 5.80. The van der Waals surface area contributed by atoms with Crippen molar-refractivity contribution in [3.05, 3.63) is 70.1 Å². The molecule has 0 radical (unpaired) electrons. The van der Waals surface area contributed by atoms with Gasteiger partial charge in [-0.1, -0.05) is 30.3 Å². The van der Waals surface area contributed by atoms with Gasteiger partial charge in [0.15, 0.2) is 11.5 Å². The second-order valence-corrected chi connectivity index (χ2v) is 6.76. The SMILES string of the molecule is O=C(Cc1ccccc1[N+](=O)[O-])N1CCCC(c2nc3ccccc3o2)C1. The summed E-state index contributed by atoms with van der Waals surface area (Å²) in [7, 11) is 0. The van der Waals surface area contributed by atoms with Crippen molar-refractivity contribution >= 4 is 22.7 Å². The molecule has 1 amide bonds. The number of carbonyl (C=O) groups excluding carboxylic acids is 1. The number of benzene rings is 2. The molecular formula is C20H19N3O4. The van der Waals surface area contributed by atoms with Crippen LogP contribution in [0.15, 0.2) is 52.9 Å². The Kier molecular flexibility index (Phi) is 4.58. The monoisotopic (exact) mass is 365 g/mol. The number of rotatable bonds is 4. The van der Waals surface area contributed by atoms with E-state index in [0.717, 1.165) is 23.9 Å². The van der Waals surface area contributed by atoms with Gasteiger partial charge in [0.25, 0.3) is 5.69 Å². The Balaban J connectivity index is 1.49. The summed E-state index contributed by atoms with van der Waals surface area (Å²) in [5.74, 6) is 0.588. The standard InChI is InChI=1S/C20H19N3O4/c24-19(12-14-6-1-3-9-17(14)23(25)26)22-11-5-7-15(13-22)20-21-16-8-2-4-10-18(16)27-20/h1-4,6,8-10,15H,5,7,11-13H2. The van der Waals surface area contributed by atoms with Crippen LogP contribution >= 0.6 is 0 Å². The zero-order valence-corrected chi connectivity index (χ0v) is 14.7. The van der Waals surface area contributed by atoms with Gasteiger partial charge in [0, 0.05) is 24.7 Å². The summed E-state index contributed by atoms with van der Waals surface area (Å²) in [5, 5.41) is 11.2. The lowest BCUT2D eigenvalue weighted by atomic mass is 9.97. The van der Waals surface area contributed by atoms with Crippen LogP contribution in [0.25, 0.3) is 11.1 Å². The first-order chi connectivity index (χ1) is 13.1. The highest BCUT2D eigenvalue weighted by Gasteiger charge is 2.29. The number of amides is 1. The van der Waals surface area contributed by atoms with E-state index in [-0.39, 0.29) is 23.9 Å². The van der Waals surface area contributed by atoms with E-state index < -0.39 is 4.92 Å². The second kappa shape index (κ2) is 7.19. The van der Waals surface area contributed by atoms with Gasteiger partial charge in [-0.3, -0.25) is 14.9 Å². The lowest BCUT2D eigenvalue weighted by molar-refractivity contribution is -0.385. The Morgan fingerprint density at radius 2 is 2.00 bits per heavy atom. The van der Waals surface area contributed by atoms with Crippen LogP contribution in [0.3, 0.4) is 0 Å². The highest BCUT2D eigenvalue weighted by atomic mass is 16.6. The molecule has 2 heterocycles. The number of nitrogens with zero attached hydrogens (tertiary/aromatic N) is 3. The number of carbonyl (C=O) groups is 1. The van der Waals surface area contributed by atoms with Crippen molar-refractivity contribution in [1.82, 2.24) is 9.88 Å². The molecule has 1 aliphatic rings. The first kappa shape index (κ1) is 17.2. The van der Waals surface area contributed by atoms with Crippen molar-refractivity contribution in [2.75, 3.05) is 13.1 Å². The summed E-state index contributed by atoms with van der Waals surface area (Å²) in [6.07, 6.45) is 1.78. The Labute approximate surface area is 155 Å². The van der Waals surface area contributed by atoms with Crippen molar-refractivity contribution in [3.8, 4) is 0 Å². The molecule has 0 saturated carbocycles. The fraction of sp³-hybridized carbons (Fsp3) is 0.300. The zero-order chi connectivity index (χ0) is 18.8. The molecule has 7 heteroatoms. The van der Waals surface area contributed by atoms with Crippen LogP contribution in [0, 0.1) is 10.1 Å². The average Bonchev–Trinajstić information content (AvgIpc) is 3.12. The van der Waals surface area contributed by atoms with Crippen molar-refractivity contribution in [2.45, 2.75) is 25.2 Å². The number of oxazole rings is 1. The molecule has 1 saturated heterocycles. The minimum atomic E-state index is -0.445. The minimum Gasteiger partial charge on any atom is -0.440 e. The van der Waals surface area contributed by atoms with E-state index >= 15 is 0 Å². The van der Waals surface area contributed by atoms with E-state index in [1.165, 1.54) is 6.07 Å². The number of hydrogen-bond acceptors (Lipinski definition) is 5. The molecule has 1 fully saturated rings. The van der Waals surface area contributed by atoms with Crippen molar-refractivity contribution in [3.63, 3.8) is 0 Å². The molecule has 0 bridgehead atoms. The molecule has 7 nitrogen and oxygen atoms in total. The lowest BCUT2D eigenvalue weighted by Crippen LogP contribution is -2.40. The van der Waals surface area contributed by atoms with Gasteiger partial charge in [0.05, 0.1) is 17.3 Å². The van der Waals surface area contributed by atoms with Crippen LogP contribution in [-0.2, 0) is 11.2 Å². The lowest BCUT2D eigenvalue weighted by Gasteiger charge is -2.31. The Morgan fingerprint density at radius 1 is 1.22 bits per heavy atom. The molecule has 138 valence electrons. The van der Waals surface area contributed by atoms with Gasteiger partial charge < -0.3 is 9.32 Å². The largest absolute Gasteiger partial charge is 0.440 e. The second-order valence-electron chi connectivity index (χ2n) is 6.76. The third-order valence-electron chi connectivity index (χ3n) is 4.96. The fourth-order valence-corrected chi connectivity index (χ4v) is 3.58. The minimum absolute atomic E-state index is 0.0154. The first-order valence-electron chi connectivity index (χ1n) is 8.97. The number of para-hydroxylation sites is 3. The molecule has 4 rings (SSSR count). The number of nitro groups is 1. The third kappa shape index (κ3) is 3.53. The van der Waals surface area contributed by atoms with E-state index in [1.807, 2.05) is 24.3 Å². The van der Waals surface area contributed by atoms with Crippen LogP contribution in [-0.4, -0.2) is 33.8 Å². The molecular weight excluding hydrogens is 346 g/mol. The van der Waals surface area contributed by atoms with Gasteiger partial charge in [-0.25, -0.2) is 4.98 Å². The predicted octanol–water partition coefficient (Wildman–Crippen LogP) is 3.68. The average molecular weight is 365 g/mol. The molecule has 2 aromatic carbocycles. The molecule has 1 aliphatic heterocycles. The van der Waals surface area contributed by atoms with Gasteiger partial charge in [0.2, 0.25) is 5.91 Å². The molecule has 27 heavy (non-hydrogen) atoms. The quantitative estimate of drug-likeness (QED) is 0.520. The van der Waals surface area contributed by atoms with E-state index in [4.69, 9.17) is 4.42 Å². The van der Waals surface area contributed by atoms with E-state index in [9.17, 15) is 14.9 Å². The number of nitro benzene ring substituents is 1. The first-order valence-corrected chi connectivity index (χ1v) is 8.97. The van der Waals surface area contributed by atoms with Crippen molar-refractivity contribution < 1.29 is 14.1 Å². The smallest absolute Gasteiger partial charge is 0.273 e. The Hall–Kier alpha value is -3.22. The summed E-state index contributed by atoms with van der Waals surface area (Å²) in [6.45, 7) is 1.17. The predicted molar refractivity (Wildman–Crippen MR) is 99.4 cm³/mol. The van der Waals surface area contributed by atoms with Crippen LogP contribution < -0.4 is 0 Å². The van der Waals surface area contributed by atoms with Gasteiger partial charge >= 0.3 is 0 Å². The van der Waals surface area contributed by atoms with E-state index in [2.05, 4.69) is 4.98 Å². The zero-order valence-electron chi connectivity index (χ0n) is 14.7. The molecule has 0 N–H and O–H groups in total. The molecule has 3 aromatic rings. The Bertz CT molecular complexity index is 965. The van der Waals surface area contributed by atoms with Crippen molar-refractivity contribution in [2.24, 2.45) is 0 Å². The fourth-order valence-electron chi connectivity index (χ4n) is 3.58. The number of likely N-dealkylation sites (tertiary alicyclic amines) is 1. The molecule has 0 aliphatic carbocycles. The maximum absolute atomic E-state index is 12.7. The highest BCUT2D eigenvalue weighted by Crippen LogP contribution is 2.29. The van der Waals surface area contributed by atoms with Crippen LogP contribution in [0.5, 0.6) is 0 Å². The topological polar surface area (TPSA) is 89.5 Å². The van der Waals surface area contributed by atoms with Crippen molar-refractivity contribution in [1.29, 1.82) is 0 Å². The number of piperidine rings is 1. The van der Waals surface area contributed by atoms with Gasteiger partial charge in [-0.2, -0.15) is 0 Å². The molecule has 1 atom stereocenters. The van der Waals surface area contributed by atoms with E-state index in [0.29, 0.717) is 24.5 Å². The summed E-state index contributed by atoms with van der Waals surface area (Å²) >= 11 is 0. The van der Waals surface area contributed by atoms with Crippen LogP contribution in [0.1, 0.15) is 30.2 Å².